The number of nitrogens with one attached hydrogen (secondary N) is 3. The number of imidazole rings is 1. The molecule has 2 atom stereocenters. The Morgan fingerprint density at radius 2 is 1.77 bits per heavy atom. The maximum Gasteiger partial charge on any atom is 0.408 e. The lowest BCUT2D eigenvalue weighted by Gasteiger charge is -2.24. The second-order valence-electron chi connectivity index (χ2n) is 10.2. The molecule has 0 aliphatic carbocycles. The van der Waals surface area contributed by atoms with Crippen molar-refractivity contribution in [1.29, 1.82) is 0 Å². The normalized spacial score (nSPS) is 12.7. The molecule has 1 heterocycles. The van der Waals surface area contributed by atoms with Gasteiger partial charge in [0.1, 0.15) is 23.5 Å². The smallest absolute Gasteiger partial charge is 0.408 e. The van der Waals surface area contributed by atoms with Crippen LogP contribution >= 0.6 is 0 Å². The highest BCUT2D eigenvalue weighted by Crippen LogP contribution is 2.26. The Balaban J connectivity index is 1.81. The molecule has 0 radical (unpaired) electrons. The number of hydrogen-bond donors (Lipinski definition) is 5. The van der Waals surface area contributed by atoms with Crippen LogP contribution in [0.4, 0.5) is 4.79 Å². The number of hydrogen-bond acceptors (Lipinski definition) is 7. The van der Waals surface area contributed by atoms with E-state index in [-0.39, 0.29) is 25.3 Å². The minimum Gasteiger partial charge on any atom is -0.467 e. The minimum atomic E-state index is -1.08. The molecule has 0 aliphatic rings. The van der Waals surface area contributed by atoms with Crippen LogP contribution in [0.15, 0.2) is 53.7 Å². The molecule has 0 aliphatic heterocycles. The number of nitrogens with zero attached hydrogens (tertiary/aromatic N) is 2. The third-order valence-electron chi connectivity index (χ3n) is 5.85. The number of carbonyl (C=O) groups is 3. The second-order valence-corrected chi connectivity index (χ2v) is 10.2. The average Bonchev–Trinajstić information content (AvgIpc) is 3.36. The van der Waals surface area contributed by atoms with E-state index in [9.17, 15) is 14.4 Å². The summed E-state index contributed by atoms with van der Waals surface area (Å²) in [6.45, 7) is 5.43. The Bertz CT molecular complexity index is 1350. The number of rotatable bonds is 11. The molecule has 3 rings (SSSR count). The lowest BCUT2D eigenvalue weighted by molar-refractivity contribution is -0.145. The highest BCUT2D eigenvalue weighted by Gasteiger charge is 2.29. The van der Waals surface area contributed by atoms with Gasteiger partial charge in [-0.05, 0) is 44.4 Å². The van der Waals surface area contributed by atoms with Crippen molar-refractivity contribution < 1.29 is 23.9 Å². The van der Waals surface area contributed by atoms with Gasteiger partial charge in [0.15, 0.2) is 5.96 Å². The maximum absolute atomic E-state index is 13.4. The van der Waals surface area contributed by atoms with Crippen LogP contribution in [0.25, 0.3) is 22.2 Å². The lowest BCUT2D eigenvalue weighted by Crippen LogP contribution is -2.53. The molecule has 0 spiro atoms. The second kappa shape index (κ2) is 13.5. The number of H-pyrrole nitrogens is 1. The van der Waals surface area contributed by atoms with Crippen LogP contribution < -0.4 is 22.1 Å². The average molecular weight is 552 g/mol. The number of aliphatic imine (C=N–C) groups is 1. The van der Waals surface area contributed by atoms with E-state index in [1.807, 2.05) is 42.5 Å². The third-order valence-corrected chi connectivity index (χ3v) is 5.85. The fraction of sp³-hybridized carbons (Fsp3) is 0.393. The van der Waals surface area contributed by atoms with Crippen molar-refractivity contribution in [3.05, 3.63) is 54.4 Å². The molecule has 12 heteroatoms. The number of alkyl carbamates (subject to hydrolysis) is 1. The summed E-state index contributed by atoms with van der Waals surface area (Å²) in [7, 11) is 1.23. The van der Waals surface area contributed by atoms with Gasteiger partial charge in [0, 0.05) is 30.4 Å². The van der Waals surface area contributed by atoms with Crippen molar-refractivity contribution in [2.75, 3.05) is 13.7 Å². The van der Waals surface area contributed by atoms with Crippen molar-refractivity contribution in [2.45, 2.75) is 57.7 Å². The highest BCUT2D eigenvalue weighted by atomic mass is 16.6. The monoisotopic (exact) mass is 551 g/mol. The van der Waals surface area contributed by atoms with E-state index in [4.69, 9.17) is 20.9 Å². The summed E-state index contributed by atoms with van der Waals surface area (Å²) >= 11 is 0. The SMILES string of the molecule is COC(=O)[C@H](CCCN=C(N)N)NC(=O)[C@H](Cc1cnc(-c2cccc3ccccc23)[nH]1)NC(=O)OC(C)(C)C. The van der Waals surface area contributed by atoms with Crippen molar-refractivity contribution in [3.8, 4) is 11.4 Å². The number of nitrogens with two attached hydrogens (primary N) is 2. The van der Waals surface area contributed by atoms with Crippen LogP contribution in [-0.2, 0) is 25.5 Å². The summed E-state index contributed by atoms with van der Waals surface area (Å²) in [5.74, 6) is -0.670. The molecular weight excluding hydrogens is 514 g/mol. The summed E-state index contributed by atoms with van der Waals surface area (Å²) in [6, 6.07) is 11.8. The van der Waals surface area contributed by atoms with Gasteiger partial charge in [-0.15, -0.1) is 0 Å². The van der Waals surface area contributed by atoms with Gasteiger partial charge in [0.2, 0.25) is 5.91 Å². The summed E-state index contributed by atoms with van der Waals surface area (Å²) < 4.78 is 10.2. The molecule has 3 aromatic rings. The Labute approximate surface area is 232 Å². The maximum atomic E-state index is 13.4. The number of amides is 2. The van der Waals surface area contributed by atoms with Gasteiger partial charge in [-0.3, -0.25) is 9.79 Å². The highest BCUT2D eigenvalue weighted by molar-refractivity contribution is 5.95. The molecule has 0 saturated carbocycles. The van der Waals surface area contributed by atoms with Gasteiger partial charge in [-0.2, -0.15) is 0 Å². The Morgan fingerprint density at radius 3 is 2.48 bits per heavy atom. The molecule has 0 fully saturated rings. The first-order valence-corrected chi connectivity index (χ1v) is 12.9. The fourth-order valence-corrected chi connectivity index (χ4v) is 4.08. The van der Waals surface area contributed by atoms with E-state index < -0.39 is 35.7 Å². The summed E-state index contributed by atoms with van der Waals surface area (Å²) in [4.78, 5) is 50.0. The van der Waals surface area contributed by atoms with Gasteiger partial charge < -0.3 is 36.6 Å². The van der Waals surface area contributed by atoms with E-state index in [1.165, 1.54) is 7.11 Å². The quantitative estimate of drug-likeness (QED) is 0.104. The van der Waals surface area contributed by atoms with Gasteiger partial charge in [-0.1, -0.05) is 42.5 Å². The summed E-state index contributed by atoms with van der Waals surface area (Å²) in [5.41, 5.74) is 11.4. The number of ether oxygens (including phenoxy) is 2. The van der Waals surface area contributed by atoms with E-state index in [0.29, 0.717) is 17.9 Å². The molecule has 0 saturated heterocycles. The van der Waals surface area contributed by atoms with Crippen molar-refractivity contribution in [3.63, 3.8) is 0 Å². The Hall–Kier alpha value is -4.61. The molecule has 12 nitrogen and oxygen atoms in total. The number of esters is 1. The van der Waals surface area contributed by atoms with Crippen LogP contribution in [0.2, 0.25) is 0 Å². The van der Waals surface area contributed by atoms with Gasteiger partial charge >= 0.3 is 12.1 Å². The molecule has 40 heavy (non-hydrogen) atoms. The number of carbonyl (C=O) groups excluding carboxylic acids is 3. The predicted octanol–water partition coefficient (Wildman–Crippen LogP) is 2.38. The van der Waals surface area contributed by atoms with Gasteiger partial charge in [-0.25, -0.2) is 14.6 Å². The summed E-state index contributed by atoms with van der Waals surface area (Å²) in [6.07, 6.45) is 1.54. The zero-order valence-corrected chi connectivity index (χ0v) is 23.2. The molecular formula is C28H37N7O5. The first-order valence-electron chi connectivity index (χ1n) is 12.9. The number of guanidine groups is 1. The summed E-state index contributed by atoms with van der Waals surface area (Å²) in [5, 5.41) is 7.38. The number of fused-ring (bicyclic) bond motifs is 1. The van der Waals surface area contributed by atoms with Crippen LogP contribution in [0.3, 0.4) is 0 Å². The van der Waals surface area contributed by atoms with E-state index in [0.717, 1.165) is 16.3 Å². The molecule has 0 unspecified atom stereocenters. The standard InChI is InChI=1S/C28H37N7O5/c1-28(2,3)40-27(38)35-22(24(36)34-21(25(37)39-4)13-8-14-31-26(29)30)15-18-16-32-23(33-18)20-12-7-10-17-9-5-6-11-19(17)20/h5-7,9-12,16,21-22H,8,13-15H2,1-4H3,(H,32,33)(H,34,36)(H,35,38)(H4,29,30,31)/t21-,22-/m0/s1. The zero-order valence-electron chi connectivity index (χ0n) is 23.2. The van der Waals surface area contributed by atoms with Gasteiger partial charge in [0.05, 0.1) is 7.11 Å². The third kappa shape index (κ3) is 8.72. The largest absolute Gasteiger partial charge is 0.467 e. The number of methoxy groups -OCH3 is 1. The number of benzene rings is 2. The van der Waals surface area contributed by atoms with Gasteiger partial charge in [0.25, 0.3) is 0 Å². The Kier molecular flexibility index (Phi) is 10.1. The predicted molar refractivity (Wildman–Crippen MR) is 152 cm³/mol. The van der Waals surface area contributed by atoms with E-state index in [1.54, 1.807) is 27.0 Å². The number of aromatic amines is 1. The van der Waals surface area contributed by atoms with Crippen LogP contribution in [0.1, 0.15) is 39.3 Å². The molecule has 2 aromatic carbocycles. The number of aromatic nitrogens is 2. The molecule has 214 valence electrons. The van der Waals surface area contributed by atoms with Crippen molar-refractivity contribution >= 4 is 34.7 Å². The van der Waals surface area contributed by atoms with Crippen molar-refractivity contribution in [2.24, 2.45) is 16.5 Å². The molecule has 1 aromatic heterocycles. The molecule has 7 N–H and O–H groups in total. The molecule has 0 bridgehead atoms. The lowest BCUT2D eigenvalue weighted by atomic mass is 10.0. The zero-order chi connectivity index (χ0) is 29.3. The van der Waals surface area contributed by atoms with Crippen LogP contribution in [0, 0.1) is 0 Å². The minimum absolute atomic E-state index is 0.0603. The van der Waals surface area contributed by atoms with Crippen molar-refractivity contribution in [1.82, 2.24) is 20.6 Å². The van der Waals surface area contributed by atoms with Crippen LogP contribution in [0.5, 0.6) is 0 Å². The topological polar surface area (TPSA) is 187 Å². The first-order chi connectivity index (χ1) is 19.0. The Morgan fingerprint density at radius 1 is 1.05 bits per heavy atom. The van der Waals surface area contributed by atoms with E-state index in [2.05, 4.69) is 25.6 Å². The van der Waals surface area contributed by atoms with Crippen LogP contribution in [-0.4, -0.2) is 65.2 Å². The molecule has 2 amide bonds. The fourth-order valence-electron chi connectivity index (χ4n) is 4.08. The first kappa shape index (κ1) is 29.9. The van der Waals surface area contributed by atoms with E-state index >= 15 is 0 Å².